The number of fused-ring (bicyclic) bond motifs is 1. The van der Waals surface area contributed by atoms with Crippen molar-refractivity contribution in [2.24, 2.45) is 0 Å². The number of rotatable bonds is 14. The number of hydrogen-bond acceptors (Lipinski definition) is 5. The monoisotopic (exact) mass is 595 g/mol. The molecule has 0 saturated heterocycles. The van der Waals surface area contributed by atoms with E-state index in [1.807, 2.05) is 54.1 Å². The Morgan fingerprint density at radius 3 is 2.44 bits per heavy atom. The van der Waals surface area contributed by atoms with E-state index in [0.717, 1.165) is 58.0 Å². The summed E-state index contributed by atoms with van der Waals surface area (Å²) in [5.41, 5.74) is 5.07. The molecule has 224 valence electrons. The third-order valence-electron chi connectivity index (χ3n) is 7.29. The second-order valence-electron chi connectivity index (χ2n) is 12.0. The first kappa shape index (κ1) is 30.3. The van der Waals surface area contributed by atoms with E-state index in [0.29, 0.717) is 32.2 Å². The lowest BCUT2D eigenvalue weighted by Gasteiger charge is -2.15. The zero-order chi connectivity index (χ0) is 30.2. The summed E-state index contributed by atoms with van der Waals surface area (Å²) in [6, 6.07) is 27.6. The summed E-state index contributed by atoms with van der Waals surface area (Å²) in [5, 5.41) is 8.66. The van der Waals surface area contributed by atoms with Gasteiger partial charge in [-0.05, 0) is 65.6 Å². The fraction of sp³-hybridized carbons (Fsp3) is 0.314. The Hall–Kier alpha value is -4.14. The Morgan fingerprint density at radius 2 is 1.74 bits per heavy atom. The summed E-state index contributed by atoms with van der Waals surface area (Å²) in [6.45, 7) is 10.6. The first-order valence-corrected chi connectivity index (χ1v) is 18.7. The van der Waals surface area contributed by atoms with Crippen LogP contribution in [0, 0.1) is 0 Å². The van der Waals surface area contributed by atoms with Gasteiger partial charge < -0.3 is 19.2 Å². The van der Waals surface area contributed by atoms with Gasteiger partial charge in [0.1, 0.15) is 18.2 Å². The van der Waals surface area contributed by atoms with Gasteiger partial charge in [0.05, 0.1) is 18.4 Å². The van der Waals surface area contributed by atoms with E-state index in [1.165, 1.54) is 5.56 Å². The van der Waals surface area contributed by atoms with Crippen molar-refractivity contribution < 1.29 is 18.7 Å². The largest absolute Gasteiger partial charge is 0.493 e. The highest BCUT2D eigenvalue weighted by Gasteiger charge is 2.20. The van der Waals surface area contributed by atoms with Crippen LogP contribution in [-0.2, 0) is 22.7 Å². The predicted octanol–water partition coefficient (Wildman–Crippen LogP) is 8.64. The first-order chi connectivity index (χ1) is 20.8. The van der Waals surface area contributed by atoms with Crippen molar-refractivity contribution in [2.45, 2.75) is 58.6 Å². The van der Waals surface area contributed by atoms with Crippen LogP contribution in [0.2, 0.25) is 25.7 Å². The second kappa shape index (κ2) is 13.9. The molecule has 0 radical (unpaired) electrons. The van der Waals surface area contributed by atoms with Gasteiger partial charge >= 0.3 is 0 Å². The summed E-state index contributed by atoms with van der Waals surface area (Å²) in [6.07, 6.45) is 3.72. The van der Waals surface area contributed by atoms with Crippen LogP contribution in [0.3, 0.4) is 0 Å². The molecular formula is C35H41N3O4Si. The Morgan fingerprint density at radius 1 is 0.953 bits per heavy atom. The number of aromatic nitrogens is 2. The van der Waals surface area contributed by atoms with Crippen molar-refractivity contribution in [3.63, 3.8) is 0 Å². The molecule has 5 aromatic rings. The molecule has 7 nitrogen and oxygen atoms in total. The highest BCUT2D eigenvalue weighted by Crippen LogP contribution is 2.39. The maximum Gasteiger partial charge on any atom is 0.225 e. The molecular weight excluding hydrogens is 554 g/mol. The van der Waals surface area contributed by atoms with Crippen LogP contribution in [0.5, 0.6) is 5.75 Å². The Balaban J connectivity index is 1.47. The molecule has 1 amide bonds. The van der Waals surface area contributed by atoms with Gasteiger partial charge in [-0.3, -0.25) is 4.79 Å². The van der Waals surface area contributed by atoms with Crippen molar-refractivity contribution in [3.8, 4) is 28.2 Å². The van der Waals surface area contributed by atoms with Gasteiger partial charge in [-0.2, -0.15) is 5.10 Å². The smallest absolute Gasteiger partial charge is 0.225 e. The minimum absolute atomic E-state index is 0.0554. The van der Waals surface area contributed by atoms with E-state index in [9.17, 15) is 4.79 Å². The first-order valence-electron chi connectivity index (χ1n) is 15.0. The molecule has 3 aromatic carbocycles. The number of nitrogens with one attached hydrogen (secondary N) is 1. The van der Waals surface area contributed by atoms with Crippen LogP contribution >= 0.6 is 0 Å². The fourth-order valence-electron chi connectivity index (χ4n) is 4.90. The molecule has 0 fully saturated rings. The molecule has 0 atom stereocenters. The fourth-order valence-corrected chi connectivity index (χ4v) is 5.66. The molecule has 43 heavy (non-hydrogen) atoms. The number of amides is 1. The van der Waals surface area contributed by atoms with E-state index in [-0.39, 0.29) is 5.91 Å². The van der Waals surface area contributed by atoms with Crippen molar-refractivity contribution in [3.05, 3.63) is 90.7 Å². The van der Waals surface area contributed by atoms with Gasteiger partial charge in [-0.25, -0.2) is 4.68 Å². The van der Waals surface area contributed by atoms with Crippen LogP contribution in [-0.4, -0.2) is 37.0 Å². The molecule has 0 aliphatic carbocycles. The zero-order valence-electron chi connectivity index (χ0n) is 25.6. The SMILES string of the molecule is CCCC(=O)Nc1nn(COCC[Si](C)(C)C)c2cc(-c3ccc(OCCc4ccccc4)cc3)c(-c3ccco3)cc12. The van der Waals surface area contributed by atoms with Crippen LogP contribution in [0.25, 0.3) is 33.4 Å². The lowest BCUT2D eigenvalue weighted by atomic mass is 9.96. The van der Waals surface area contributed by atoms with Gasteiger partial charge in [0.15, 0.2) is 5.82 Å². The third kappa shape index (κ3) is 8.03. The topological polar surface area (TPSA) is 78.5 Å². The zero-order valence-corrected chi connectivity index (χ0v) is 26.6. The molecule has 0 saturated carbocycles. The maximum absolute atomic E-state index is 12.6. The third-order valence-corrected chi connectivity index (χ3v) is 8.99. The average molecular weight is 596 g/mol. The van der Waals surface area contributed by atoms with E-state index in [2.05, 4.69) is 61.4 Å². The number of ether oxygens (including phenoxy) is 2. The summed E-state index contributed by atoms with van der Waals surface area (Å²) < 4.78 is 19.8. The van der Waals surface area contributed by atoms with Gasteiger partial charge in [-0.15, -0.1) is 0 Å². The highest BCUT2D eigenvalue weighted by molar-refractivity contribution is 6.76. The van der Waals surface area contributed by atoms with E-state index in [1.54, 1.807) is 6.26 Å². The Kier molecular flexibility index (Phi) is 9.79. The number of carbonyl (C=O) groups is 1. The summed E-state index contributed by atoms with van der Waals surface area (Å²) in [5.74, 6) is 2.04. The predicted molar refractivity (Wildman–Crippen MR) is 176 cm³/mol. The number of hydrogen-bond donors (Lipinski definition) is 1. The Bertz CT molecular complexity index is 1620. The summed E-state index contributed by atoms with van der Waals surface area (Å²) in [4.78, 5) is 12.6. The average Bonchev–Trinajstić information content (AvgIpc) is 3.64. The molecule has 0 bridgehead atoms. The molecule has 8 heteroatoms. The number of nitrogens with zero attached hydrogens (tertiary/aromatic N) is 2. The van der Waals surface area contributed by atoms with E-state index < -0.39 is 8.07 Å². The lowest BCUT2D eigenvalue weighted by Crippen LogP contribution is -2.22. The van der Waals surface area contributed by atoms with E-state index in [4.69, 9.17) is 19.0 Å². The Labute approximate surface area is 254 Å². The standard InChI is InChI=1S/C35H41N3O4Si/c1-5-10-34(39)36-35-31-23-30(33-13-9-19-42-33)29(24-32(31)38(37-35)25-40-21-22-43(2,3)4)27-14-16-28(17-15-27)41-20-18-26-11-7-6-8-12-26/h6-9,11-17,19,23-24H,5,10,18,20-22,25H2,1-4H3,(H,36,37,39). The quantitative estimate of drug-likeness (QED) is 0.103. The molecule has 1 N–H and O–H groups in total. The van der Waals surface area contributed by atoms with Gasteiger partial charge in [0.2, 0.25) is 5.91 Å². The lowest BCUT2D eigenvalue weighted by molar-refractivity contribution is -0.116. The van der Waals surface area contributed by atoms with Crippen molar-refractivity contribution >= 4 is 30.7 Å². The molecule has 5 rings (SSSR count). The molecule has 2 aromatic heterocycles. The van der Waals surface area contributed by atoms with Crippen LogP contribution in [0.1, 0.15) is 25.3 Å². The number of carbonyl (C=O) groups excluding carboxylic acids is 1. The molecule has 0 aliphatic rings. The second-order valence-corrected chi connectivity index (χ2v) is 17.6. The van der Waals surface area contributed by atoms with Crippen LogP contribution < -0.4 is 10.1 Å². The molecule has 0 spiro atoms. The van der Waals surface area contributed by atoms with Crippen molar-refractivity contribution in [1.29, 1.82) is 0 Å². The number of benzene rings is 3. The minimum atomic E-state index is -1.23. The summed E-state index contributed by atoms with van der Waals surface area (Å²) in [7, 11) is -1.23. The molecule has 2 heterocycles. The molecule has 0 aliphatic heterocycles. The number of furan rings is 1. The van der Waals surface area contributed by atoms with Gasteiger partial charge in [0, 0.05) is 38.5 Å². The van der Waals surface area contributed by atoms with Gasteiger partial charge in [-0.1, -0.05) is 69.0 Å². The minimum Gasteiger partial charge on any atom is -0.493 e. The van der Waals surface area contributed by atoms with Crippen molar-refractivity contribution in [2.75, 3.05) is 18.5 Å². The molecule has 0 unspecified atom stereocenters. The van der Waals surface area contributed by atoms with E-state index >= 15 is 0 Å². The normalized spacial score (nSPS) is 11.6. The van der Waals surface area contributed by atoms with Crippen LogP contribution in [0.15, 0.2) is 89.5 Å². The maximum atomic E-state index is 12.6. The van der Waals surface area contributed by atoms with Crippen molar-refractivity contribution in [1.82, 2.24) is 9.78 Å². The van der Waals surface area contributed by atoms with Crippen LogP contribution in [0.4, 0.5) is 5.82 Å². The highest BCUT2D eigenvalue weighted by atomic mass is 28.3. The summed E-state index contributed by atoms with van der Waals surface area (Å²) >= 11 is 0. The van der Waals surface area contributed by atoms with Gasteiger partial charge in [0.25, 0.3) is 0 Å². The number of anilines is 1.